The molecule has 2 aromatic carbocycles. The summed E-state index contributed by atoms with van der Waals surface area (Å²) in [6, 6.07) is 13.3. The van der Waals surface area contributed by atoms with Gasteiger partial charge < -0.3 is 24.7 Å². The second kappa shape index (κ2) is 8.90. The van der Waals surface area contributed by atoms with Gasteiger partial charge in [0.25, 0.3) is 0 Å². The molecule has 0 radical (unpaired) electrons. The Morgan fingerprint density at radius 3 is 2.94 bits per heavy atom. The van der Waals surface area contributed by atoms with Gasteiger partial charge in [-0.3, -0.25) is 4.79 Å². The van der Waals surface area contributed by atoms with Gasteiger partial charge in [0.1, 0.15) is 11.9 Å². The first kappa shape index (κ1) is 20.4. The number of aryl methyl sites for hydroxylation is 1. The van der Waals surface area contributed by atoms with Crippen molar-refractivity contribution in [2.45, 2.75) is 51.7 Å². The SMILES string of the molecule is C[C@@H](Nc1cccc(-c2nnc3n2CCCCC3)c1)C(=O)NCc1ccc2c(c1)OCO2. The van der Waals surface area contributed by atoms with E-state index in [9.17, 15) is 4.79 Å². The molecule has 2 aliphatic rings. The van der Waals surface area contributed by atoms with Gasteiger partial charge >= 0.3 is 0 Å². The van der Waals surface area contributed by atoms with Crippen molar-refractivity contribution in [2.24, 2.45) is 0 Å². The van der Waals surface area contributed by atoms with Gasteiger partial charge in [-0.15, -0.1) is 10.2 Å². The second-order valence-electron chi connectivity index (χ2n) is 8.25. The summed E-state index contributed by atoms with van der Waals surface area (Å²) in [7, 11) is 0. The fourth-order valence-electron chi connectivity index (χ4n) is 4.16. The van der Waals surface area contributed by atoms with Crippen LogP contribution in [0.4, 0.5) is 5.69 Å². The predicted octanol–water partition coefficient (Wildman–Crippen LogP) is 3.52. The Bertz CT molecular complexity index is 1130. The third-order valence-electron chi connectivity index (χ3n) is 5.91. The highest BCUT2D eigenvalue weighted by Gasteiger charge is 2.18. The van der Waals surface area contributed by atoms with Gasteiger partial charge in [-0.05, 0) is 49.6 Å². The first-order valence-electron chi connectivity index (χ1n) is 11.1. The zero-order valence-electron chi connectivity index (χ0n) is 18.1. The lowest BCUT2D eigenvalue weighted by molar-refractivity contribution is -0.121. The average Bonchev–Trinajstić information content (AvgIpc) is 3.38. The molecule has 0 saturated heterocycles. The number of ether oxygens (including phenoxy) is 2. The lowest BCUT2D eigenvalue weighted by Crippen LogP contribution is -2.37. The number of carbonyl (C=O) groups is 1. The van der Waals surface area contributed by atoms with Gasteiger partial charge in [-0.2, -0.15) is 0 Å². The van der Waals surface area contributed by atoms with Crippen LogP contribution in [0.1, 0.15) is 37.6 Å². The Labute approximate surface area is 186 Å². The molecule has 8 heteroatoms. The first-order valence-corrected chi connectivity index (χ1v) is 11.1. The van der Waals surface area contributed by atoms with E-state index < -0.39 is 6.04 Å². The zero-order chi connectivity index (χ0) is 21.9. The molecule has 2 N–H and O–H groups in total. The van der Waals surface area contributed by atoms with Crippen molar-refractivity contribution in [1.82, 2.24) is 20.1 Å². The summed E-state index contributed by atoms with van der Waals surface area (Å²) in [5.41, 5.74) is 2.84. The number of aromatic nitrogens is 3. The van der Waals surface area contributed by atoms with Crippen LogP contribution in [-0.4, -0.2) is 33.5 Å². The van der Waals surface area contributed by atoms with Crippen molar-refractivity contribution < 1.29 is 14.3 Å². The molecule has 166 valence electrons. The molecule has 0 aliphatic carbocycles. The van der Waals surface area contributed by atoms with Crippen LogP contribution < -0.4 is 20.1 Å². The minimum atomic E-state index is -0.394. The topological polar surface area (TPSA) is 90.3 Å². The molecule has 3 aromatic rings. The smallest absolute Gasteiger partial charge is 0.242 e. The summed E-state index contributed by atoms with van der Waals surface area (Å²) in [5.74, 6) is 3.33. The number of nitrogens with one attached hydrogen (secondary N) is 2. The quantitative estimate of drug-likeness (QED) is 0.618. The van der Waals surface area contributed by atoms with E-state index in [1.807, 2.05) is 49.4 Å². The van der Waals surface area contributed by atoms with Crippen LogP contribution in [0.15, 0.2) is 42.5 Å². The fraction of sp³-hybridized carbons (Fsp3) is 0.375. The number of amides is 1. The van der Waals surface area contributed by atoms with E-state index in [2.05, 4.69) is 25.4 Å². The maximum absolute atomic E-state index is 12.6. The van der Waals surface area contributed by atoms with Crippen molar-refractivity contribution in [3.63, 3.8) is 0 Å². The zero-order valence-corrected chi connectivity index (χ0v) is 18.1. The van der Waals surface area contributed by atoms with Gasteiger partial charge in [0.2, 0.25) is 12.7 Å². The summed E-state index contributed by atoms with van der Waals surface area (Å²) >= 11 is 0. The predicted molar refractivity (Wildman–Crippen MR) is 121 cm³/mol. The van der Waals surface area contributed by atoms with E-state index in [0.717, 1.165) is 53.6 Å². The third-order valence-corrected chi connectivity index (χ3v) is 5.91. The summed E-state index contributed by atoms with van der Waals surface area (Å²) in [4.78, 5) is 12.6. The van der Waals surface area contributed by atoms with Crippen LogP contribution >= 0.6 is 0 Å². The number of anilines is 1. The number of carbonyl (C=O) groups excluding carboxylic acids is 1. The molecule has 2 aliphatic heterocycles. The van der Waals surface area contributed by atoms with Gasteiger partial charge in [0.05, 0.1) is 0 Å². The third kappa shape index (κ3) is 4.26. The number of hydrogen-bond donors (Lipinski definition) is 2. The number of fused-ring (bicyclic) bond motifs is 2. The monoisotopic (exact) mass is 433 g/mol. The van der Waals surface area contributed by atoms with E-state index >= 15 is 0 Å². The fourth-order valence-corrected chi connectivity index (χ4v) is 4.16. The molecule has 1 aromatic heterocycles. The summed E-state index contributed by atoms with van der Waals surface area (Å²) in [5, 5.41) is 15.1. The standard InChI is InChI=1S/C24H27N5O3/c1-16(24(30)25-14-17-9-10-20-21(12-17)32-15-31-20)26-19-7-5-6-18(13-19)23-28-27-22-8-3-2-4-11-29(22)23/h5-7,9-10,12-13,16,26H,2-4,8,11,14-15H2,1H3,(H,25,30)/t16-/m1/s1. The highest BCUT2D eigenvalue weighted by Crippen LogP contribution is 2.32. The molecule has 0 spiro atoms. The van der Waals surface area contributed by atoms with Gasteiger partial charge in [0, 0.05) is 30.8 Å². The molecule has 0 bridgehead atoms. The first-order chi connectivity index (χ1) is 15.7. The summed E-state index contributed by atoms with van der Waals surface area (Å²) in [6.07, 6.45) is 4.52. The van der Waals surface area contributed by atoms with Crippen LogP contribution in [-0.2, 0) is 24.3 Å². The Balaban J connectivity index is 1.22. The molecule has 32 heavy (non-hydrogen) atoms. The Morgan fingerprint density at radius 1 is 1.09 bits per heavy atom. The highest BCUT2D eigenvalue weighted by molar-refractivity contribution is 5.84. The molecule has 0 fully saturated rings. The van der Waals surface area contributed by atoms with Crippen molar-refractivity contribution in [2.75, 3.05) is 12.1 Å². The lowest BCUT2D eigenvalue weighted by atomic mass is 10.1. The van der Waals surface area contributed by atoms with Gasteiger partial charge in [0.15, 0.2) is 17.3 Å². The summed E-state index contributed by atoms with van der Waals surface area (Å²) < 4.78 is 13.0. The van der Waals surface area contributed by atoms with E-state index in [1.165, 1.54) is 12.8 Å². The Hall–Kier alpha value is -3.55. The number of nitrogens with zero attached hydrogens (tertiary/aromatic N) is 3. The summed E-state index contributed by atoms with van der Waals surface area (Å²) in [6.45, 7) is 3.47. The normalized spacial score (nSPS) is 15.5. The minimum absolute atomic E-state index is 0.0792. The van der Waals surface area contributed by atoms with Crippen LogP contribution in [0.3, 0.4) is 0 Å². The van der Waals surface area contributed by atoms with E-state index in [-0.39, 0.29) is 12.7 Å². The van der Waals surface area contributed by atoms with Crippen LogP contribution in [0, 0.1) is 0 Å². The molecule has 3 heterocycles. The second-order valence-corrected chi connectivity index (χ2v) is 8.25. The maximum atomic E-state index is 12.6. The molecular weight excluding hydrogens is 406 g/mol. The Morgan fingerprint density at radius 2 is 2.00 bits per heavy atom. The largest absolute Gasteiger partial charge is 0.454 e. The van der Waals surface area contributed by atoms with Gasteiger partial charge in [-0.25, -0.2) is 0 Å². The molecule has 1 atom stereocenters. The number of rotatable bonds is 6. The highest BCUT2D eigenvalue weighted by atomic mass is 16.7. The minimum Gasteiger partial charge on any atom is -0.454 e. The van der Waals surface area contributed by atoms with Crippen LogP contribution in [0.5, 0.6) is 11.5 Å². The van der Waals surface area contributed by atoms with Crippen LogP contribution in [0.25, 0.3) is 11.4 Å². The van der Waals surface area contributed by atoms with Crippen LogP contribution in [0.2, 0.25) is 0 Å². The van der Waals surface area contributed by atoms with Gasteiger partial charge in [-0.1, -0.05) is 24.6 Å². The molecule has 8 nitrogen and oxygen atoms in total. The molecule has 5 rings (SSSR count). The van der Waals surface area contributed by atoms with E-state index in [4.69, 9.17) is 9.47 Å². The molecular formula is C24H27N5O3. The molecule has 0 unspecified atom stereocenters. The van der Waals surface area contributed by atoms with Crippen molar-refractivity contribution >= 4 is 11.6 Å². The van der Waals surface area contributed by atoms with Crippen molar-refractivity contribution in [1.29, 1.82) is 0 Å². The van der Waals surface area contributed by atoms with Crippen molar-refractivity contribution in [3.05, 3.63) is 53.9 Å². The molecule has 1 amide bonds. The maximum Gasteiger partial charge on any atom is 0.242 e. The molecule has 0 saturated carbocycles. The van der Waals surface area contributed by atoms with E-state index in [0.29, 0.717) is 12.3 Å². The number of hydrogen-bond acceptors (Lipinski definition) is 6. The Kier molecular flexibility index (Phi) is 5.66. The average molecular weight is 434 g/mol. The van der Waals surface area contributed by atoms with Crippen molar-refractivity contribution in [3.8, 4) is 22.9 Å². The van der Waals surface area contributed by atoms with E-state index in [1.54, 1.807) is 0 Å². The lowest BCUT2D eigenvalue weighted by Gasteiger charge is -2.16. The number of benzene rings is 2.